The quantitative estimate of drug-likeness (QED) is 0.816. The Labute approximate surface area is 158 Å². The van der Waals surface area contributed by atoms with E-state index in [1.54, 1.807) is 18.6 Å². The van der Waals surface area contributed by atoms with Gasteiger partial charge in [-0.25, -0.2) is 4.68 Å². The fourth-order valence-corrected chi connectivity index (χ4v) is 3.95. The molecule has 1 saturated heterocycles. The van der Waals surface area contributed by atoms with Gasteiger partial charge in [0.1, 0.15) is 0 Å². The van der Waals surface area contributed by atoms with Crippen LogP contribution in [0.15, 0.2) is 30.7 Å². The number of nitrogens with two attached hydrogens (primary N) is 1. The number of nitrogens with zero attached hydrogens (tertiary/aromatic N) is 4. The van der Waals surface area contributed by atoms with E-state index in [1.807, 2.05) is 16.8 Å². The molecule has 1 aliphatic heterocycles. The number of nitrogens with one attached hydrogen (secondary N) is 1. The second-order valence-electron chi connectivity index (χ2n) is 7.59. The fraction of sp³-hybridized carbons (Fsp3) is 0.579. The van der Waals surface area contributed by atoms with Crippen LogP contribution in [0.3, 0.4) is 0 Å². The molecule has 2 atom stereocenters. The van der Waals surface area contributed by atoms with E-state index in [-0.39, 0.29) is 30.0 Å². The molecule has 2 fully saturated rings. The molecular weight excluding hydrogens is 344 g/mol. The summed E-state index contributed by atoms with van der Waals surface area (Å²) in [7, 11) is 0. The maximum atomic E-state index is 12.6. The molecule has 27 heavy (non-hydrogen) atoms. The molecule has 0 spiro atoms. The van der Waals surface area contributed by atoms with E-state index in [1.165, 1.54) is 5.56 Å². The number of hydrogen-bond donors (Lipinski definition) is 2. The third-order valence-corrected chi connectivity index (χ3v) is 5.62. The van der Waals surface area contributed by atoms with E-state index in [0.29, 0.717) is 18.9 Å². The van der Waals surface area contributed by atoms with Gasteiger partial charge in [0, 0.05) is 24.4 Å². The molecule has 0 unspecified atom stereocenters. The van der Waals surface area contributed by atoms with Gasteiger partial charge in [-0.2, -0.15) is 0 Å². The van der Waals surface area contributed by atoms with Gasteiger partial charge in [0.25, 0.3) is 5.91 Å². The van der Waals surface area contributed by atoms with Crippen LogP contribution in [0.2, 0.25) is 0 Å². The summed E-state index contributed by atoms with van der Waals surface area (Å²) < 4.78 is 7.43. The molecule has 8 heteroatoms. The molecule has 0 radical (unpaired) electrons. The highest BCUT2D eigenvalue weighted by Crippen LogP contribution is 2.27. The summed E-state index contributed by atoms with van der Waals surface area (Å²) in [5.74, 6) is 0.0511. The lowest BCUT2D eigenvalue weighted by Crippen LogP contribution is -2.40. The van der Waals surface area contributed by atoms with Crippen molar-refractivity contribution < 1.29 is 9.53 Å². The Bertz CT molecular complexity index is 757. The first-order chi connectivity index (χ1) is 13.2. The number of rotatable bonds is 5. The molecule has 1 amide bonds. The van der Waals surface area contributed by atoms with Crippen molar-refractivity contribution in [3.63, 3.8) is 0 Å². The Kier molecular flexibility index (Phi) is 5.45. The number of aromatic nitrogens is 4. The Morgan fingerprint density at radius 1 is 1.22 bits per heavy atom. The van der Waals surface area contributed by atoms with Gasteiger partial charge < -0.3 is 15.8 Å². The first-order valence-corrected chi connectivity index (χ1v) is 9.64. The van der Waals surface area contributed by atoms with Gasteiger partial charge in [-0.15, -0.1) is 5.10 Å². The molecule has 2 aromatic heterocycles. The highest BCUT2D eigenvalue weighted by atomic mass is 16.5. The second kappa shape index (κ2) is 8.14. The van der Waals surface area contributed by atoms with Crippen molar-refractivity contribution >= 4 is 5.91 Å². The van der Waals surface area contributed by atoms with Crippen molar-refractivity contribution in [3.8, 4) is 0 Å². The third kappa shape index (κ3) is 4.33. The summed E-state index contributed by atoms with van der Waals surface area (Å²) in [5.41, 5.74) is 7.52. The predicted molar refractivity (Wildman–Crippen MR) is 99.0 cm³/mol. The number of pyridine rings is 1. The smallest absolute Gasteiger partial charge is 0.273 e. The molecule has 2 aromatic rings. The molecule has 1 saturated carbocycles. The zero-order valence-corrected chi connectivity index (χ0v) is 15.3. The van der Waals surface area contributed by atoms with Gasteiger partial charge in [0.05, 0.1) is 31.5 Å². The Hall–Kier alpha value is -2.32. The monoisotopic (exact) mass is 370 g/mol. The van der Waals surface area contributed by atoms with Crippen molar-refractivity contribution in [2.24, 2.45) is 11.7 Å². The lowest BCUT2D eigenvalue weighted by molar-refractivity contribution is 0.0920. The van der Waals surface area contributed by atoms with Crippen molar-refractivity contribution in [1.82, 2.24) is 25.3 Å². The minimum Gasteiger partial charge on any atom is -0.379 e. The predicted octanol–water partition coefficient (Wildman–Crippen LogP) is 1.10. The van der Waals surface area contributed by atoms with Crippen LogP contribution in [0.25, 0.3) is 0 Å². The van der Waals surface area contributed by atoms with E-state index in [4.69, 9.17) is 10.5 Å². The van der Waals surface area contributed by atoms with Gasteiger partial charge in [-0.05, 0) is 49.8 Å². The van der Waals surface area contributed by atoms with Gasteiger partial charge >= 0.3 is 0 Å². The van der Waals surface area contributed by atoms with E-state index in [0.717, 1.165) is 32.1 Å². The number of hydrogen-bond acceptors (Lipinski definition) is 6. The molecule has 8 nitrogen and oxygen atoms in total. The topological polar surface area (TPSA) is 108 Å². The average Bonchev–Trinajstić information content (AvgIpc) is 3.33. The highest BCUT2D eigenvalue weighted by molar-refractivity contribution is 5.92. The molecule has 3 N–H and O–H groups in total. The summed E-state index contributed by atoms with van der Waals surface area (Å²) >= 11 is 0. The standard InChI is InChI=1S/C19H26N6O2/c20-15-1-3-16(4-2-15)25-10-17(23-24-25)19(26)22-18-12-27-11-14(18)9-13-5-7-21-8-6-13/h5-8,10,14-16,18H,1-4,9,11-12,20H2,(H,22,26)/t14-,15?,16?,18+/m1/s1. The van der Waals surface area contributed by atoms with Gasteiger partial charge in [-0.1, -0.05) is 5.21 Å². The van der Waals surface area contributed by atoms with Crippen LogP contribution >= 0.6 is 0 Å². The van der Waals surface area contributed by atoms with Gasteiger partial charge in [0.15, 0.2) is 5.69 Å². The maximum Gasteiger partial charge on any atom is 0.273 e. The largest absolute Gasteiger partial charge is 0.379 e. The van der Waals surface area contributed by atoms with Gasteiger partial charge in [-0.3, -0.25) is 9.78 Å². The van der Waals surface area contributed by atoms with Crippen LogP contribution in [0.5, 0.6) is 0 Å². The van der Waals surface area contributed by atoms with Crippen LogP contribution in [0.1, 0.15) is 47.8 Å². The SMILES string of the molecule is NC1CCC(n2cc(C(=O)N[C@H]3COC[C@H]3Cc3ccncc3)nn2)CC1. The summed E-state index contributed by atoms with van der Waals surface area (Å²) in [6, 6.07) is 4.54. The zero-order valence-electron chi connectivity index (χ0n) is 15.3. The first kappa shape index (κ1) is 18.1. The van der Waals surface area contributed by atoms with E-state index in [9.17, 15) is 4.79 Å². The number of amides is 1. The summed E-state index contributed by atoms with van der Waals surface area (Å²) in [6.45, 7) is 1.17. The van der Waals surface area contributed by atoms with Crippen molar-refractivity contribution in [2.75, 3.05) is 13.2 Å². The van der Waals surface area contributed by atoms with Crippen LogP contribution in [-0.2, 0) is 11.2 Å². The number of carbonyl (C=O) groups excluding carboxylic acids is 1. The minimum absolute atomic E-state index is 0.0245. The normalized spacial score (nSPS) is 28.2. The minimum atomic E-state index is -0.191. The molecule has 2 aliphatic rings. The fourth-order valence-electron chi connectivity index (χ4n) is 3.95. The van der Waals surface area contributed by atoms with Crippen LogP contribution in [0, 0.1) is 5.92 Å². The van der Waals surface area contributed by atoms with Gasteiger partial charge in [0.2, 0.25) is 0 Å². The Morgan fingerprint density at radius 3 is 2.78 bits per heavy atom. The van der Waals surface area contributed by atoms with E-state index >= 15 is 0 Å². The lowest BCUT2D eigenvalue weighted by atomic mass is 9.92. The average molecular weight is 370 g/mol. The van der Waals surface area contributed by atoms with Crippen LogP contribution < -0.4 is 11.1 Å². The molecule has 3 heterocycles. The van der Waals surface area contributed by atoms with Crippen molar-refractivity contribution in [3.05, 3.63) is 42.0 Å². The summed E-state index contributed by atoms with van der Waals surface area (Å²) in [4.78, 5) is 16.7. The molecule has 4 rings (SSSR count). The second-order valence-corrected chi connectivity index (χ2v) is 7.59. The molecule has 0 aromatic carbocycles. The molecule has 144 valence electrons. The number of ether oxygens (including phenoxy) is 1. The zero-order chi connectivity index (χ0) is 18.6. The molecule has 1 aliphatic carbocycles. The van der Waals surface area contributed by atoms with Crippen molar-refractivity contribution in [2.45, 2.75) is 50.2 Å². The molecule has 0 bridgehead atoms. The Morgan fingerprint density at radius 2 is 2.00 bits per heavy atom. The first-order valence-electron chi connectivity index (χ1n) is 9.64. The summed E-state index contributed by atoms with van der Waals surface area (Å²) in [6.07, 6.45) is 10.1. The van der Waals surface area contributed by atoms with Crippen LogP contribution in [0.4, 0.5) is 0 Å². The van der Waals surface area contributed by atoms with Crippen LogP contribution in [-0.4, -0.2) is 51.2 Å². The Balaban J connectivity index is 1.36. The van der Waals surface area contributed by atoms with E-state index < -0.39 is 0 Å². The summed E-state index contributed by atoms with van der Waals surface area (Å²) in [5, 5.41) is 11.3. The van der Waals surface area contributed by atoms with Crippen molar-refractivity contribution in [1.29, 1.82) is 0 Å². The lowest BCUT2D eigenvalue weighted by Gasteiger charge is -2.25. The maximum absolute atomic E-state index is 12.6. The molecular formula is C19H26N6O2. The number of carbonyl (C=O) groups is 1. The third-order valence-electron chi connectivity index (χ3n) is 5.62. The highest BCUT2D eigenvalue weighted by Gasteiger charge is 2.31. The van der Waals surface area contributed by atoms with E-state index in [2.05, 4.69) is 20.6 Å².